The van der Waals surface area contributed by atoms with Gasteiger partial charge in [0.05, 0.1) is 0 Å². The highest BCUT2D eigenvalue weighted by Crippen LogP contribution is 2.43. The number of ether oxygens (including phenoxy) is 1. The third-order valence-corrected chi connectivity index (χ3v) is 1.88. The third kappa shape index (κ3) is 6.68. The monoisotopic (exact) mass is 223 g/mol. The van der Waals surface area contributed by atoms with Crippen LogP contribution in [0.15, 0.2) is 12.2 Å². The number of hydrogen-bond donors (Lipinski definition) is 3. The molecule has 0 aromatic rings. The Labute approximate surface area is 81.4 Å². The number of esters is 1. The van der Waals surface area contributed by atoms with Crippen molar-refractivity contribution in [1.82, 2.24) is 0 Å². The van der Waals surface area contributed by atoms with Gasteiger partial charge in [0.2, 0.25) is 11.9 Å². The molecule has 6 nitrogen and oxygen atoms in total. The number of hydrogen-bond acceptors (Lipinski definition) is 6. The van der Waals surface area contributed by atoms with Crippen molar-refractivity contribution in [3.63, 3.8) is 0 Å². The fourth-order valence-corrected chi connectivity index (χ4v) is 1.12. The fraction of sp³-hybridized carbons (Fsp3) is 0.429. The molecular weight excluding hydrogens is 211 g/mol. The molecule has 0 amide bonds. The average molecular weight is 223 g/mol. The number of carbonyl (C=O) groups excluding carboxylic acids is 2. The topological polar surface area (TPSA) is 104 Å². The van der Waals surface area contributed by atoms with Gasteiger partial charge < -0.3 is 4.74 Å². The van der Waals surface area contributed by atoms with Crippen molar-refractivity contribution in [3.05, 3.63) is 12.2 Å². The van der Waals surface area contributed by atoms with Crippen LogP contribution in [0, 0.1) is 0 Å². The normalized spacial score (nSPS) is 10.9. The summed E-state index contributed by atoms with van der Waals surface area (Å²) in [4.78, 5) is 47.1. The molecule has 0 saturated heterocycles. The largest absolute Gasteiger partial charge is 0.454 e. The van der Waals surface area contributed by atoms with E-state index in [4.69, 9.17) is 14.7 Å². The first kappa shape index (κ1) is 13.2. The highest BCUT2D eigenvalue weighted by molar-refractivity contribution is 7.59. The van der Waals surface area contributed by atoms with Crippen LogP contribution in [0.2, 0.25) is 0 Å². The Balaban J connectivity index is 3.87. The maximum atomic E-state index is 10.8. The molecule has 0 aromatic carbocycles. The molecule has 0 aliphatic rings. The van der Waals surface area contributed by atoms with Gasteiger partial charge in [-0.15, -0.1) is 0 Å². The van der Waals surface area contributed by atoms with Crippen LogP contribution in [0.5, 0.6) is 0 Å². The Bertz CT molecular complexity index is 253. The van der Waals surface area contributed by atoms with E-state index in [1.165, 1.54) is 6.92 Å². The van der Waals surface area contributed by atoms with Gasteiger partial charge in [-0.05, 0) is 6.92 Å². The molecule has 14 heavy (non-hydrogen) atoms. The van der Waals surface area contributed by atoms with Crippen molar-refractivity contribution in [2.75, 3.05) is 12.8 Å². The van der Waals surface area contributed by atoms with Gasteiger partial charge in [-0.3, -0.25) is 4.79 Å². The Morgan fingerprint density at radius 2 is 1.86 bits per heavy atom. The van der Waals surface area contributed by atoms with Crippen LogP contribution < -0.4 is 0 Å². The van der Waals surface area contributed by atoms with Crippen molar-refractivity contribution >= 4 is 19.7 Å². The summed E-state index contributed by atoms with van der Waals surface area (Å²) in [7, 11) is -4.12. The summed E-state index contributed by atoms with van der Waals surface area (Å²) in [5.41, 5.74) is 0.135. The van der Waals surface area contributed by atoms with Crippen molar-refractivity contribution in [3.8, 4) is 0 Å². The molecule has 3 N–H and O–H groups in total. The molecule has 0 rings (SSSR count). The lowest BCUT2D eigenvalue weighted by atomic mass is 10.4. The van der Waals surface area contributed by atoms with E-state index in [9.17, 15) is 9.59 Å². The second kappa shape index (κ2) is 5.17. The summed E-state index contributed by atoms with van der Waals surface area (Å²) in [6, 6.07) is 0. The molecule has 0 aliphatic heterocycles. The zero-order chi connectivity index (χ0) is 11.4. The van der Waals surface area contributed by atoms with Crippen molar-refractivity contribution < 1.29 is 29.0 Å². The van der Waals surface area contributed by atoms with Crippen LogP contribution in [-0.4, -0.2) is 39.2 Å². The van der Waals surface area contributed by atoms with Gasteiger partial charge in [0.15, 0.2) is 6.61 Å². The van der Waals surface area contributed by atoms with E-state index in [1.54, 1.807) is 0 Å². The molecule has 0 unspecified atom stereocenters. The molecule has 0 atom stereocenters. The van der Waals surface area contributed by atoms with E-state index < -0.39 is 32.5 Å². The van der Waals surface area contributed by atoms with Gasteiger partial charge >= 0.3 is 13.9 Å². The maximum absolute atomic E-state index is 10.8. The van der Waals surface area contributed by atoms with Crippen molar-refractivity contribution in [2.24, 2.45) is 0 Å². The van der Waals surface area contributed by atoms with Gasteiger partial charge in [0.1, 0.15) is 0 Å². The van der Waals surface area contributed by atoms with Crippen LogP contribution in [0.3, 0.4) is 0 Å². The predicted octanol–water partition coefficient (Wildman–Crippen LogP) is -0.586. The second-order valence-electron chi connectivity index (χ2n) is 2.75. The van der Waals surface area contributed by atoms with Gasteiger partial charge in [0.25, 0.3) is 0 Å². The Morgan fingerprint density at radius 1 is 1.36 bits per heavy atom. The SMILES string of the molecule is C=C(C)C(=O)OCC(=O)C[P+](O)(O)O. The smallest absolute Gasteiger partial charge is 0.411 e. The molecule has 0 bridgehead atoms. The maximum Gasteiger partial charge on any atom is 0.411 e. The predicted molar refractivity (Wildman–Crippen MR) is 49.2 cm³/mol. The van der Waals surface area contributed by atoms with Crippen LogP contribution >= 0.6 is 7.94 Å². The Morgan fingerprint density at radius 3 is 2.21 bits per heavy atom. The van der Waals surface area contributed by atoms with Gasteiger partial charge in [0, 0.05) is 5.57 Å². The molecule has 0 aliphatic carbocycles. The third-order valence-electron chi connectivity index (χ3n) is 1.10. The summed E-state index contributed by atoms with van der Waals surface area (Å²) in [6.07, 6.45) is -0.809. The molecule has 0 saturated carbocycles. The van der Waals surface area contributed by atoms with E-state index in [-0.39, 0.29) is 5.57 Å². The number of carbonyl (C=O) groups is 2. The van der Waals surface area contributed by atoms with E-state index in [0.29, 0.717) is 0 Å². The van der Waals surface area contributed by atoms with Gasteiger partial charge in [-0.2, -0.15) is 14.7 Å². The number of rotatable bonds is 5. The highest BCUT2D eigenvalue weighted by atomic mass is 31.2. The van der Waals surface area contributed by atoms with E-state index >= 15 is 0 Å². The molecule has 0 fully saturated rings. The standard InChI is InChI=1S/C7H12O6P/c1-5(2)7(9)13-3-6(8)4-14(10,11)12/h10-12H,1,3-4H2,2H3/q+1. The lowest BCUT2D eigenvalue weighted by Crippen LogP contribution is -2.18. The number of ketones is 1. The molecule has 0 spiro atoms. The second-order valence-corrected chi connectivity index (χ2v) is 4.45. The molecule has 0 radical (unpaired) electrons. The minimum absolute atomic E-state index is 0.135. The summed E-state index contributed by atoms with van der Waals surface area (Å²) in [5, 5.41) is 0. The lowest BCUT2D eigenvalue weighted by molar-refractivity contribution is -0.143. The van der Waals surface area contributed by atoms with Gasteiger partial charge in [-0.1, -0.05) is 6.58 Å². The van der Waals surface area contributed by atoms with E-state index in [1.807, 2.05) is 0 Å². The number of Topliss-reactive ketones (excluding diaryl/α,β-unsaturated/α-hetero) is 1. The Kier molecular flexibility index (Phi) is 4.87. The minimum atomic E-state index is -4.12. The highest BCUT2D eigenvalue weighted by Gasteiger charge is 2.33. The van der Waals surface area contributed by atoms with Crippen molar-refractivity contribution in [2.45, 2.75) is 6.92 Å². The first-order chi connectivity index (χ1) is 6.22. The summed E-state index contributed by atoms with van der Waals surface area (Å²) in [6.45, 7) is 4.09. The first-order valence-corrected chi connectivity index (χ1v) is 5.46. The molecule has 80 valence electrons. The van der Waals surface area contributed by atoms with Crippen molar-refractivity contribution in [1.29, 1.82) is 0 Å². The van der Waals surface area contributed by atoms with Gasteiger partial charge in [-0.25, -0.2) is 4.79 Å². The van der Waals surface area contributed by atoms with Crippen LogP contribution in [0.4, 0.5) is 0 Å². The fourth-order valence-electron chi connectivity index (χ4n) is 0.551. The quantitative estimate of drug-likeness (QED) is 0.327. The van der Waals surface area contributed by atoms with Crippen LogP contribution in [0.1, 0.15) is 6.92 Å². The summed E-state index contributed by atoms with van der Waals surface area (Å²) in [5.74, 6) is -1.50. The zero-order valence-electron chi connectivity index (χ0n) is 7.63. The first-order valence-electron chi connectivity index (χ1n) is 3.63. The average Bonchev–Trinajstić information content (AvgIpc) is 1.96. The molecule has 7 heteroatoms. The molecular formula is C7H12O6P+. The minimum Gasteiger partial charge on any atom is -0.454 e. The van der Waals surface area contributed by atoms with E-state index in [0.717, 1.165) is 0 Å². The molecule has 0 aromatic heterocycles. The summed E-state index contributed by atoms with van der Waals surface area (Å²) < 4.78 is 4.41. The molecule has 0 heterocycles. The summed E-state index contributed by atoms with van der Waals surface area (Å²) >= 11 is 0. The lowest BCUT2D eigenvalue weighted by Gasteiger charge is -2.04. The Hall–Kier alpha value is -0.810. The zero-order valence-corrected chi connectivity index (χ0v) is 8.53. The van der Waals surface area contributed by atoms with Crippen LogP contribution in [-0.2, 0) is 14.3 Å². The van der Waals surface area contributed by atoms with Crippen LogP contribution in [0.25, 0.3) is 0 Å². The van der Waals surface area contributed by atoms with E-state index in [2.05, 4.69) is 11.3 Å².